The number of methoxy groups -OCH3 is 1. The van der Waals surface area contributed by atoms with Crippen molar-refractivity contribution in [1.82, 2.24) is 10.3 Å². The van der Waals surface area contributed by atoms with Gasteiger partial charge in [0.25, 0.3) is 5.91 Å². The summed E-state index contributed by atoms with van der Waals surface area (Å²) in [6, 6.07) is 15.4. The second kappa shape index (κ2) is 9.57. The molecule has 1 atom stereocenters. The molecule has 1 aliphatic heterocycles. The minimum atomic E-state index is -0.518. The third kappa shape index (κ3) is 4.95. The van der Waals surface area contributed by atoms with Gasteiger partial charge in [0.2, 0.25) is 0 Å². The van der Waals surface area contributed by atoms with Gasteiger partial charge < -0.3 is 10.1 Å². The molecule has 4 rings (SSSR count). The summed E-state index contributed by atoms with van der Waals surface area (Å²) in [5.74, 6) is 1.33. The van der Waals surface area contributed by atoms with E-state index in [9.17, 15) is 4.79 Å². The number of nitrogens with zero attached hydrogens (tertiary/aromatic N) is 2. The van der Waals surface area contributed by atoms with Crippen LogP contribution in [-0.4, -0.2) is 28.9 Å². The highest BCUT2D eigenvalue weighted by atomic mass is 35.5. The standard InChI is InChI=1S/C24H22ClN3O2S2/c1-15-12-19(32-18-6-4-17(30-3)5-7-18)13-20(25)21(15)24(2)14-31-23(28-24)27-22(29)16-8-10-26-11-9-16/h4-13H,14H2,1-3H3,(H,27,28,29). The largest absolute Gasteiger partial charge is 0.497 e. The fourth-order valence-corrected chi connectivity index (χ4v) is 6.14. The molecule has 0 aliphatic carbocycles. The minimum absolute atomic E-state index is 0.197. The van der Waals surface area contributed by atoms with E-state index in [1.807, 2.05) is 30.3 Å². The van der Waals surface area contributed by atoms with Crippen molar-refractivity contribution in [3.05, 3.63) is 82.6 Å². The lowest BCUT2D eigenvalue weighted by molar-refractivity contribution is 0.0978. The second-order valence-corrected chi connectivity index (χ2v) is 10.1. The molecule has 0 saturated carbocycles. The smallest absolute Gasteiger partial charge is 0.257 e. The van der Waals surface area contributed by atoms with Gasteiger partial charge in [-0.1, -0.05) is 35.1 Å². The summed E-state index contributed by atoms with van der Waals surface area (Å²) in [5.41, 5.74) is 2.09. The third-order valence-electron chi connectivity index (χ3n) is 5.10. The Hall–Kier alpha value is -2.48. The van der Waals surface area contributed by atoms with Crippen LogP contribution < -0.4 is 10.1 Å². The first-order valence-electron chi connectivity index (χ1n) is 9.94. The predicted octanol–water partition coefficient (Wildman–Crippen LogP) is 5.95. The van der Waals surface area contributed by atoms with E-state index in [0.717, 1.165) is 26.7 Å². The number of aliphatic imine (C=N–C) groups is 1. The van der Waals surface area contributed by atoms with E-state index < -0.39 is 5.54 Å². The average Bonchev–Trinajstić information content (AvgIpc) is 3.15. The number of nitrogens with one attached hydrogen (secondary N) is 1. The summed E-state index contributed by atoms with van der Waals surface area (Å²) in [5, 5.41) is 4.18. The molecule has 5 nitrogen and oxygen atoms in total. The van der Waals surface area contributed by atoms with Gasteiger partial charge in [0, 0.05) is 44.1 Å². The Morgan fingerprint density at radius 2 is 1.88 bits per heavy atom. The lowest BCUT2D eigenvalue weighted by atomic mass is 9.91. The molecular formula is C24H22ClN3O2S2. The number of thioether (sulfide) groups is 1. The summed E-state index contributed by atoms with van der Waals surface area (Å²) >= 11 is 9.93. The Labute approximate surface area is 201 Å². The topological polar surface area (TPSA) is 63.6 Å². The van der Waals surface area contributed by atoms with Gasteiger partial charge in [0.15, 0.2) is 5.17 Å². The molecule has 2 heterocycles. The molecule has 8 heteroatoms. The van der Waals surface area contributed by atoms with Gasteiger partial charge >= 0.3 is 0 Å². The maximum absolute atomic E-state index is 12.5. The molecule has 1 amide bonds. The maximum Gasteiger partial charge on any atom is 0.257 e. The van der Waals surface area contributed by atoms with Gasteiger partial charge in [-0.3, -0.25) is 14.8 Å². The highest BCUT2D eigenvalue weighted by Gasteiger charge is 2.36. The monoisotopic (exact) mass is 483 g/mol. The fourth-order valence-electron chi connectivity index (χ4n) is 3.60. The number of hydrogen-bond acceptors (Lipinski definition) is 6. The highest BCUT2D eigenvalue weighted by Crippen LogP contribution is 2.43. The first kappa shape index (κ1) is 22.7. The molecule has 0 saturated heterocycles. The molecule has 0 spiro atoms. The lowest BCUT2D eigenvalue weighted by Gasteiger charge is -2.24. The zero-order valence-electron chi connectivity index (χ0n) is 17.9. The Kier molecular flexibility index (Phi) is 6.79. The molecule has 164 valence electrons. The lowest BCUT2D eigenvalue weighted by Crippen LogP contribution is -2.28. The van der Waals surface area contributed by atoms with Crippen molar-refractivity contribution in [3.8, 4) is 5.75 Å². The molecule has 1 unspecified atom stereocenters. The molecule has 3 aromatic rings. The summed E-state index contributed by atoms with van der Waals surface area (Å²) < 4.78 is 5.23. The summed E-state index contributed by atoms with van der Waals surface area (Å²) in [6.45, 7) is 4.11. The molecular weight excluding hydrogens is 462 g/mol. The van der Waals surface area contributed by atoms with Crippen LogP contribution in [0.15, 0.2) is 75.7 Å². The average molecular weight is 484 g/mol. The number of hydrogen-bond donors (Lipinski definition) is 1. The van der Waals surface area contributed by atoms with E-state index in [1.165, 1.54) is 11.8 Å². The van der Waals surface area contributed by atoms with Crippen LogP contribution in [0.2, 0.25) is 5.02 Å². The van der Waals surface area contributed by atoms with Gasteiger partial charge in [-0.2, -0.15) is 0 Å². The minimum Gasteiger partial charge on any atom is -0.497 e. The Morgan fingerprint density at radius 1 is 1.16 bits per heavy atom. The van der Waals surface area contributed by atoms with Crippen LogP contribution in [0, 0.1) is 6.92 Å². The highest BCUT2D eigenvalue weighted by molar-refractivity contribution is 8.14. The molecule has 0 bridgehead atoms. The van der Waals surface area contributed by atoms with Gasteiger partial charge in [0.05, 0.1) is 12.6 Å². The molecule has 1 aliphatic rings. The Bertz CT molecular complexity index is 1150. The van der Waals surface area contributed by atoms with Crippen LogP contribution in [0.1, 0.15) is 28.4 Å². The number of carbonyl (C=O) groups excluding carboxylic acids is 1. The predicted molar refractivity (Wildman–Crippen MR) is 132 cm³/mol. The Balaban J connectivity index is 1.54. The van der Waals surface area contributed by atoms with Crippen LogP contribution in [-0.2, 0) is 5.54 Å². The van der Waals surface area contributed by atoms with Gasteiger partial charge in [0.1, 0.15) is 5.75 Å². The number of aromatic nitrogens is 1. The number of benzene rings is 2. The number of pyridine rings is 1. The molecule has 0 radical (unpaired) electrons. The maximum atomic E-state index is 12.5. The normalized spacial score (nSPS) is 17.7. The fraction of sp³-hybridized carbons (Fsp3) is 0.208. The number of carbonyl (C=O) groups is 1. The number of rotatable bonds is 5. The van der Waals surface area contributed by atoms with Crippen LogP contribution >= 0.6 is 35.1 Å². The van der Waals surface area contributed by atoms with Crippen molar-refractivity contribution in [2.24, 2.45) is 4.99 Å². The Morgan fingerprint density at radius 3 is 2.53 bits per heavy atom. The second-order valence-electron chi connectivity index (χ2n) is 7.54. The van der Waals surface area contributed by atoms with Crippen LogP contribution in [0.4, 0.5) is 0 Å². The number of ether oxygens (including phenoxy) is 1. The molecule has 0 fully saturated rings. The van der Waals surface area contributed by atoms with E-state index in [0.29, 0.717) is 21.5 Å². The van der Waals surface area contributed by atoms with Gasteiger partial charge in [-0.25, -0.2) is 0 Å². The van der Waals surface area contributed by atoms with E-state index in [2.05, 4.69) is 30.2 Å². The zero-order chi connectivity index (χ0) is 22.7. The first-order valence-corrected chi connectivity index (χ1v) is 12.1. The van der Waals surface area contributed by atoms with E-state index in [1.54, 1.807) is 43.4 Å². The van der Waals surface area contributed by atoms with Crippen molar-refractivity contribution >= 4 is 46.2 Å². The van der Waals surface area contributed by atoms with Crippen LogP contribution in [0.3, 0.4) is 0 Å². The number of aryl methyl sites for hydroxylation is 1. The van der Waals surface area contributed by atoms with E-state index >= 15 is 0 Å². The first-order chi connectivity index (χ1) is 15.4. The van der Waals surface area contributed by atoms with Crippen molar-refractivity contribution in [2.45, 2.75) is 29.2 Å². The number of halogens is 1. The van der Waals surface area contributed by atoms with Crippen molar-refractivity contribution < 1.29 is 9.53 Å². The summed E-state index contributed by atoms with van der Waals surface area (Å²) in [4.78, 5) is 23.4. The number of amidine groups is 1. The van der Waals surface area contributed by atoms with Crippen molar-refractivity contribution in [1.29, 1.82) is 0 Å². The van der Waals surface area contributed by atoms with Crippen molar-refractivity contribution in [2.75, 3.05) is 12.9 Å². The van der Waals surface area contributed by atoms with E-state index in [4.69, 9.17) is 21.3 Å². The molecule has 32 heavy (non-hydrogen) atoms. The molecule has 1 aromatic heterocycles. The molecule has 2 aromatic carbocycles. The SMILES string of the molecule is COc1ccc(Sc2cc(C)c(C3(C)CSC(NC(=O)c4ccncc4)=N3)c(Cl)c2)cc1. The van der Waals surface area contributed by atoms with Crippen LogP contribution in [0.5, 0.6) is 5.75 Å². The quantitative estimate of drug-likeness (QED) is 0.485. The third-order valence-corrected chi connectivity index (χ3v) is 7.55. The number of amides is 1. The van der Waals surface area contributed by atoms with E-state index in [-0.39, 0.29) is 5.91 Å². The summed E-state index contributed by atoms with van der Waals surface area (Å²) in [7, 11) is 1.66. The molecule has 1 N–H and O–H groups in total. The summed E-state index contributed by atoms with van der Waals surface area (Å²) in [6.07, 6.45) is 3.19. The zero-order valence-corrected chi connectivity index (χ0v) is 20.3. The van der Waals surface area contributed by atoms with Gasteiger partial charge in [-0.05, 0) is 67.9 Å². The van der Waals surface area contributed by atoms with Crippen molar-refractivity contribution in [3.63, 3.8) is 0 Å². The van der Waals surface area contributed by atoms with Crippen LogP contribution in [0.25, 0.3) is 0 Å². The van der Waals surface area contributed by atoms with Gasteiger partial charge in [-0.15, -0.1) is 0 Å².